The Morgan fingerprint density at radius 1 is 0.980 bits per heavy atom. The zero-order chi connectivity index (χ0) is 36.9. The first-order chi connectivity index (χ1) is 24.2. The number of nitrogens with two attached hydrogens (primary N) is 2. The lowest BCUT2D eigenvalue weighted by molar-refractivity contribution is -0.147. The Hall–Kier alpha value is -5.85. The van der Waals surface area contributed by atoms with Gasteiger partial charge in [0.25, 0.3) is 5.91 Å². The number of hydrogen-bond donors (Lipinski definition) is 4. The highest BCUT2D eigenvalue weighted by Crippen LogP contribution is 2.32. The van der Waals surface area contributed by atoms with E-state index in [1.54, 1.807) is 81.7 Å². The average Bonchev–Trinajstić information content (AvgIpc) is 3.70. The molecular weight excluding hydrogens is 650 g/mol. The topological polar surface area (TPSA) is 183 Å². The summed E-state index contributed by atoms with van der Waals surface area (Å²) < 4.78 is 7.08. The van der Waals surface area contributed by atoms with Gasteiger partial charge in [-0.2, -0.15) is 0 Å². The number of ether oxygens (including phenoxy) is 1. The van der Waals surface area contributed by atoms with Crippen LogP contribution >= 0.6 is 0 Å². The summed E-state index contributed by atoms with van der Waals surface area (Å²) in [6, 6.07) is 18.8. The van der Waals surface area contributed by atoms with Crippen LogP contribution in [0.3, 0.4) is 0 Å². The lowest BCUT2D eigenvalue weighted by Gasteiger charge is -2.23. The van der Waals surface area contributed by atoms with Crippen molar-refractivity contribution in [2.24, 2.45) is 16.8 Å². The van der Waals surface area contributed by atoms with Gasteiger partial charge in [-0.15, -0.1) is 0 Å². The van der Waals surface area contributed by atoms with E-state index in [0.717, 1.165) is 37.2 Å². The number of rotatable bonds is 11. The molecule has 0 saturated carbocycles. The highest BCUT2D eigenvalue weighted by atomic mass is 16.7. The van der Waals surface area contributed by atoms with Gasteiger partial charge in [0.15, 0.2) is 0 Å². The molecule has 0 bridgehead atoms. The molecule has 1 fully saturated rings. The summed E-state index contributed by atoms with van der Waals surface area (Å²) in [4.78, 5) is 58.3. The number of benzene rings is 3. The largest absolute Gasteiger partial charge is 0.444 e. The molecule has 13 nitrogen and oxygen atoms in total. The summed E-state index contributed by atoms with van der Waals surface area (Å²) in [6.45, 7) is 10.9. The van der Waals surface area contributed by atoms with E-state index in [9.17, 15) is 19.2 Å². The van der Waals surface area contributed by atoms with E-state index in [4.69, 9.17) is 21.0 Å². The number of nitrogens with zero attached hydrogens (tertiary/aromatic N) is 3. The standard InChI is InChI=1S/C38H45N7O6/c1-23(2)32(43-37(49)50-38(3,4)5)36(48)51-41-21-25-13-16-29-30(19-25)45(22-24-11-14-26(15-12-24)34(40)46)33(31(29)39)35(47)42-27-9-8-10-28(20-27)44-17-6-7-18-44/h8-16,19-21,23,32H,6-7,17-18,22,39H2,1-5H3,(H2,40,46)(H,42,47)(H,43,49)/b41-21+/t32-/m1/s1. The molecule has 4 aromatic rings. The summed E-state index contributed by atoms with van der Waals surface area (Å²) in [5.74, 6) is -1.99. The fraction of sp³-hybridized carbons (Fsp3) is 0.342. The summed E-state index contributed by atoms with van der Waals surface area (Å²) in [6.07, 6.45) is 2.88. The molecule has 13 heteroatoms. The van der Waals surface area contributed by atoms with E-state index in [1.807, 2.05) is 24.3 Å². The van der Waals surface area contributed by atoms with Crippen LogP contribution in [-0.4, -0.2) is 59.4 Å². The molecule has 1 aliphatic rings. The first-order valence-corrected chi connectivity index (χ1v) is 16.9. The van der Waals surface area contributed by atoms with Crippen molar-refractivity contribution in [3.63, 3.8) is 0 Å². The van der Waals surface area contributed by atoms with Crippen molar-refractivity contribution in [1.29, 1.82) is 0 Å². The minimum atomic E-state index is -0.991. The van der Waals surface area contributed by atoms with E-state index < -0.39 is 35.5 Å². The number of carbonyl (C=O) groups excluding carboxylic acids is 4. The van der Waals surface area contributed by atoms with Crippen LogP contribution in [0.15, 0.2) is 71.9 Å². The number of nitrogen functional groups attached to an aromatic ring is 1. The van der Waals surface area contributed by atoms with Crippen LogP contribution in [0.5, 0.6) is 0 Å². The third-order valence-corrected chi connectivity index (χ3v) is 8.43. The van der Waals surface area contributed by atoms with Gasteiger partial charge in [0, 0.05) is 42.0 Å². The Balaban J connectivity index is 1.43. The van der Waals surface area contributed by atoms with Gasteiger partial charge in [-0.3, -0.25) is 9.59 Å². The van der Waals surface area contributed by atoms with Crippen LogP contribution in [0.1, 0.15) is 79.4 Å². The number of oxime groups is 1. The maximum absolute atomic E-state index is 14.0. The van der Waals surface area contributed by atoms with Gasteiger partial charge in [0.2, 0.25) is 5.91 Å². The molecule has 3 aromatic carbocycles. The minimum Gasteiger partial charge on any atom is -0.444 e. The number of primary amides is 1. The number of alkyl carbamates (subject to hydrolysis) is 1. The van der Waals surface area contributed by atoms with Crippen molar-refractivity contribution >= 4 is 58.1 Å². The second-order valence-electron chi connectivity index (χ2n) is 13.9. The highest BCUT2D eigenvalue weighted by Gasteiger charge is 2.29. The molecule has 0 spiro atoms. The van der Waals surface area contributed by atoms with Crippen LogP contribution in [0.2, 0.25) is 0 Å². The molecule has 1 aromatic heterocycles. The molecule has 5 rings (SSSR count). The van der Waals surface area contributed by atoms with Gasteiger partial charge in [0.1, 0.15) is 17.3 Å². The molecule has 51 heavy (non-hydrogen) atoms. The number of hydrogen-bond acceptors (Lipinski definition) is 9. The minimum absolute atomic E-state index is 0.241. The van der Waals surface area contributed by atoms with Crippen LogP contribution in [-0.2, 0) is 20.9 Å². The van der Waals surface area contributed by atoms with Gasteiger partial charge < -0.3 is 41.1 Å². The van der Waals surface area contributed by atoms with Gasteiger partial charge in [-0.25, -0.2) is 9.59 Å². The fourth-order valence-electron chi connectivity index (χ4n) is 5.91. The molecule has 0 unspecified atom stereocenters. The van der Waals surface area contributed by atoms with Crippen molar-refractivity contribution in [2.75, 3.05) is 29.0 Å². The van der Waals surface area contributed by atoms with E-state index in [2.05, 4.69) is 20.7 Å². The van der Waals surface area contributed by atoms with Gasteiger partial charge in [0.05, 0.1) is 17.4 Å². The molecule has 1 aliphatic heterocycles. The smallest absolute Gasteiger partial charge is 0.408 e. The fourth-order valence-corrected chi connectivity index (χ4v) is 5.91. The predicted molar refractivity (Wildman–Crippen MR) is 198 cm³/mol. The van der Waals surface area contributed by atoms with Gasteiger partial charge in [-0.1, -0.05) is 49.3 Å². The maximum atomic E-state index is 14.0. The summed E-state index contributed by atoms with van der Waals surface area (Å²) in [5.41, 5.74) is 16.0. The number of anilines is 3. The normalized spacial score (nSPS) is 13.8. The molecule has 6 N–H and O–H groups in total. The summed E-state index contributed by atoms with van der Waals surface area (Å²) in [5, 5.41) is 10.1. The van der Waals surface area contributed by atoms with Crippen molar-refractivity contribution < 1.29 is 28.8 Å². The first kappa shape index (κ1) is 36.4. The number of carbonyl (C=O) groups is 4. The number of amides is 3. The Labute approximate surface area is 296 Å². The van der Waals surface area contributed by atoms with Gasteiger partial charge in [-0.05, 0) is 87.1 Å². The Morgan fingerprint density at radius 3 is 2.33 bits per heavy atom. The first-order valence-electron chi connectivity index (χ1n) is 16.9. The predicted octanol–water partition coefficient (Wildman–Crippen LogP) is 5.65. The molecule has 2 heterocycles. The SMILES string of the molecule is CC(C)[C@@H](NC(=O)OC(C)(C)C)C(=O)O/N=C/c1ccc2c(N)c(C(=O)Nc3cccc(N4CCCC4)c3)n(Cc3ccc(C(N)=O)cc3)c2c1. The second kappa shape index (κ2) is 15.4. The zero-order valence-corrected chi connectivity index (χ0v) is 29.6. The molecular formula is C38H45N7O6. The molecule has 0 radical (unpaired) electrons. The number of nitrogens with one attached hydrogen (secondary N) is 2. The quantitative estimate of drug-likeness (QED) is 0.0882. The lowest BCUT2D eigenvalue weighted by atomic mass is 10.1. The van der Waals surface area contributed by atoms with Crippen molar-refractivity contribution in [3.8, 4) is 0 Å². The lowest BCUT2D eigenvalue weighted by Crippen LogP contribution is -2.46. The maximum Gasteiger partial charge on any atom is 0.408 e. The van der Waals surface area contributed by atoms with Gasteiger partial charge >= 0.3 is 12.1 Å². The van der Waals surface area contributed by atoms with Crippen molar-refractivity contribution in [3.05, 3.63) is 89.1 Å². The number of fused-ring (bicyclic) bond motifs is 1. The molecule has 1 atom stereocenters. The average molecular weight is 696 g/mol. The van der Waals surface area contributed by atoms with Crippen LogP contribution in [0.4, 0.5) is 21.9 Å². The van der Waals surface area contributed by atoms with Crippen molar-refractivity contribution in [1.82, 2.24) is 9.88 Å². The van der Waals surface area contributed by atoms with Crippen LogP contribution < -0.4 is 27.0 Å². The Morgan fingerprint density at radius 2 is 1.69 bits per heavy atom. The third kappa shape index (κ3) is 9.04. The monoisotopic (exact) mass is 695 g/mol. The molecule has 3 amide bonds. The highest BCUT2D eigenvalue weighted by molar-refractivity contribution is 6.13. The van der Waals surface area contributed by atoms with Crippen LogP contribution in [0.25, 0.3) is 10.9 Å². The van der Waals surface area contributed by atoms with Crippen molar-refractivity contribution in [2.45, 2.75) is 65.6 Å². The Bertz CT molecular complexity index is 1950. The second-order valence-corrected chi connectivity index (χ2v) is 13.9. The molecule has 1 saturated heterocycles. The van der Waals surface area contributed by atoms with E-state index in [1.165, 1.54) is 6.21 Å². The summed E-state index contributed by atoms with van der Waals surface area (Å²) >= 11 is 0. The van der Waals surface area contributed by atoms with E-state index in [0.29, 0.717) is 27.7 Å². The van der Waals surface area contributed by atoms with Crippen LogP contribution in [0, 0.1) is 5.92 Å². The van der Waals surface area contributed by atoms with E-state index >= 15 is 0 Å². The van der Waals surface area contributed by atoms with E-state index in [-0.39, 0.29) is 23.8 Å². The summed E-state index contributed by atoms with van der Waals surface area (Å²) in [7, 11) is 0. The molecule has 0 aliphatic carbocycles. The number of aromatic nitrogens is 1. The zero-order valence-electron chi connectivity index (χ0n) is 29.6. The Kier molecular flexibility index (Phi) is 11.0. The molecule has 268 valence electrons. The third-order valence-electron chi connectivity index (χ3n) is 8.43.